The third kappa shape index (κ3) is 5.98. The number of rotatable bonds is 8. The Labute approximate surface area is 178 Å². The van der Waals surface area contributed by atoms with Crippen LogP contribution >= 0.6 is 0 Å². The topological polar surface area (TPSA) is 118 Å². The van der Waals surface area contributed by atoms with Crippen molar-refractivity contribution in [3.05, 3.63) is 105 Å². The van der Waals surface area contributed by atoms with Gasteiger partial charge < -0.3 is 4.74 Å². The van der Waals surface area contributed by atoms with Crippen LogP contribution in [0.2, 0.25) is 0 Å². The molecule has 3 rings (SSSR count). The van der Waals surface area contributed by atoms with Crippen molar-refractivity contribution >= 4 is 17.8 Å². The minimum absolute atomic E-state index is 0.102. The van der Waals surface area contributed by atoms with Crippen LogP contribution in [0.4, 0.5) is 5.69 Å². The number of amides is 1. The molecule has 0 aliphatic rings. The number of para-hydroxylation sites is 1. The Hall–Kier alpha value is -4.51. The van der Waals surface area contributed by atoms with E-state index in [0.717, 1.165) is 11.1 Å². The molecule has 3 aromatic carbocycles. The van der Waals surface area contributed by atoms with Gasteiger partial charge in [0.25, 0.3) is 5.69 Å². The molecule has 1 amide bonds. The van der Waals surface area contributed by atoms with Crippen molar-refractivity contribution < 1.29 is 14.5 Å². The lowest BCUT2D eigenvalue weighted by molar-refractivity contribution is -0.385. The Morgan fingerprint density at radius 3 is 2.45 bits per heavy atom. The number of ether oxygens (including phenoxy) is 1. The van der Waals surface area contributed by atoms with Crippen LogP contribution in [0.5, 0.6) is 5.75 Å². The summed E-state index contributed by atoms with van der Waals surface area (Å²) in [4.78, 5) is 22.5. The number of carbonyl (C=O) groups excluding carboxylic acids is 1. The van der Waals surface area contributed by atoms with Crippen molar-refractivity contribution in [2.45, 2.75) is 13.0 Å². The molecule has 0 spiro atoms. The van der Waals surface area contributed by atoms with Crippen LogP contribution in [0.3, 0.4) is 0 Å². The van der Waals surface area contributed by atoms with E-state index in [-0.39, 0.29) is 18.7 Å². The summed E-state index contributed by atoms with van der Waals surface area (Å²) >= 11 is 0. The van der Waals surface area contributed by atoms with E-state index in [1.807, 2.05) is 12.1 Å². The van der Waals surface area contributed by atoms with Crippen molar-refractivity contribution in [2.75, 3.05) is 0 Å². The van der Waals surface area contributed by atoms with Crippen LogP contribution in [0.15, 0.2) is 77.9 Å². The van der Waals surface area contributed by atoms with Crippen molar-refractivity contribution in [2.24, 2.45) is 5.10 Å². The lowest BCUT2D eigenvalue weighted by Crippen LogP contribution is -2.20. The largest absolute Gasteiger partial charge is 0.489 e. The Morgan fingerprint density at radius 2 is 1.74 bits per heavy atom. The van der Waals surface area contributed by atoms with Gasteiger partial charge >= 0.3 is 0 Å². The second-order valence-electron chi connectivity index (χ2n) is 6.48. The summed E-state index contributed by atoms with van der Waals surface area (Å²) < 4.78 is 5.71. The Kier molecular flexibility index (Phi) is 7.06. The van der Waals surface area contributed by atoms with Crippen molar-refractivity contribution in [3.63, 3.8) is 0 Å². The maximum Gasteiger partial charge on any atom is 0.273 e. The third-order valence-corrected chi connectivity index (χ3v) is 4.35. The molecule has 0 aromatic heterocycles. The minimum atomic E-state index is -0.519. The monoisotopic (exact) mass is 414 g/mol. The van der Waals surface area contributed by atoms with Gasteiger partial charge in [-0.1, -0.05) is 36.4 Å². The highest BCUT2D eigenvalue weighted by atomic mass is 16.6. The molecule has 0 atom stereocenters. The highest BCUT2D eigenvalue weighted by Gasteiger charge is 2.15. The van der Waals surface area contributed by atoms with Gasteiger partial charge in [-0.05, 0) is 35.9 Å². The van der Waals surface area contributed by atoms with Crippen molar-refractivity contribution in [1.29, 1.82) is 5.26 Å². The molecular formula is C23H18N4O4. The number of hydrazone groups is 1. The molecule has 0 saturated heterocycles. The third-order valence-electron chi connectivity index (χ3n) is 4.35. The van der Waals surface area contributed by atoms with Gasteiger partial charge in [0.2, 0.25) is 5.91 Å². The molecule has 0 aliphatic heterocycles. The standard InChI is InChI=1S/C23H18N4O4/c24-14-19-6-1-2-7-20(19)16-31-21-11-9-17(10-12-21)15-25-26-23(28)13-18-5-3-4-8-22(18)27(29)30/h1-12,15H,13,16H2,(H,26,28)/b25-15+. The van der Waals surface area contributed by atoms with Crippen LogP contribution in [-0.2, 0) is 17.8 Å². The molecule has 3 aromatic rings. The van der Waals surface area contributed by atoms with E-state index >= 15 is 0 Å². The van der Waals surface area contributed by atoms with E-state index in [9.17, 15) is 14.9 Å². The van der Waals surface area contributed by atoms with Crippen LogP contribution < -0.4 is 10.2 Å². The van der Waals surface area contributed by atoms with Crippen LogP contribution in [0.25, 0.3) is 0 Å². The van der Waals surface area contributed by atoms with Gasteiger partial charge in [0.05, 0.1) is 29.2 Å². The first-order valence-corrected chi connectivity index (χ1v) is 9.32. The number of benzene rings is 3. The molecule has 0 bridgehead atoms. The molecule has 0 saturated carbocycles. The zero-order chi connectivity index (χ0) is 22.1. The summed E-state index contributed by atoms with van der Waals surface area (Å²) in [6.45, 7) is 0.277. The number of hydrogen-bond donors (Lipinski definition) is 1. The summed E-state index contributed by atoms with van der Waals surface area (Å²) in [5.74, 6) is 0.173. The van der Waals surface area contributed by atoms with Gasteiger partial charge in [0.1, 0.15) is 12.4 Å². The first-order chi connectivity index (χ1) is 15.1. The van der Waals surface area contributed by atoms with E-state index in [1.54, 1.807) is 48.5 Å². The average molecular weight is 414 g/mol. The molecule has 31 heavy (non-hydrogen) atoms. The molecule has 8 nitrogen and oxygen atoms in total. The van der Waals surface area contributed by atoms with Gasteiger partial charge in [0.15, 0.2) is 0 Å². The molecule has 0 radical (unpaired) electrons. The number of nitrogens with zero attached hydrogens (tertiary/aromatic N) is 3. The van der Waals surface area contributed by atoms with Crippen molar-refractivity contribution in [1.82, 2.24) is 5.43 Å². The number of hydrogen-bond acceptors (Lipinski definition) is 6. The zero-order valence-corrected chi connectivity index (χ0v) is 16.4. The highest BCUT2D eigenvalue weighted by Crippen LogP contribution is 2.18. The van der Waals surface area contributed by atoms with Gasteiger partial charge in [-0.2, -0.15) is 10.4 Å². The molecule has 8 heteroatoms. The van der Waals surface area contributed by atoms with Crippen LogP contribution in [0, 0.1) is 21.4 Å². The summed E-state index contributed by atoms with van der Waals surface area (Å²) in [7, 11) is 0. The van der Waals surface area contributed by atoms with Gasteiger partial charge in [-0.25, -0.2) is 5.43 Å². The van der Waals surface area contributed by atoms with E-state index in [0.29, 0.717) is 16.9 Å². The van der Waals surface area contributed by atoms with E-state index in [1.165, 1.54) is 18.3 Å². The van der Waals surface area contributed by atoms with Crippen LogP contribution in [-0.4, -0.2) is 17.0 Å². The Bertz CT molecular complexity index is 1150. The quantitative estimate of drug-likeness (QED) is 0.342. The second-order valence-corrected chi connectivity index (χ2v) is 6.48. The fourth-order valence-corrected chi connectivity index (χ4v) is 2.80. The molecular weight excluding hydrogens is 396 g/mol. The number of carbonyl (C=O) groups is 1. The first kappa shape index (κ1) is 21.2. The first-order valence-electron chi connectivity index (χ1n) is 9.32. The molecule has 154 valence electrons. The van der Waals surface area contributed by atoms with Crippen LogP contribution in [0.1, 0.15) is 22.3 Å². The molecule has 0 aliphatic carbocycles. The molecule has 0 unspecified atom stereocenters. The smallest absolute Gasteiger partial charge is 0.273 e. The van der Waals surface area contributed by atoms with E-state index in [2.05, 4.69) is 16.6 Å². The number of nitro groups is 1. The maximum atomic E-state index is 12.0. The fourth-order valence-electron chi connectivity index (χ4n) is 2.80. The van der Waals surface area contributed by atoms with Gasteiger partial charge in [-0.15, -0.1) is 0 Å². The maximum absolute atomic E-state index is 12.0. The van der Waals surface area contributed by atoms with Gasteiger partial charge in [0, 0.05) is 17.2 Å². The summed E-state index contributed by atoms with van der Waals surface area (Å²) in [5.41, 5.74) is 4.69. The predicted molar refractivity (Wildman–Crippen MR) is 114 cm³/mol. The van der Waals surface area contributed by atoms with Crippen molar-refractivity contribution in [3.8, 4) is 11.8 Å². The fraction of sp³-hybridized carbons (Fsp3) is 0.0870. The predicted octanol–water partition coefficient (Wildman–Crippen LogP) is 3.74. The normalized spacial score (nSPS) is 10.4. The Balaban J connectivity index is 1.52. The second kappa shape index (κ2) is 10.3. The lowest BCUT2D eigenvalue weighted by Gasteiger charge is -2.07. The molecule has 1 N–H and O–H groups in total. The number of nitriles is 1. The summed E-state index contributed by atoms with van der Waals surface area (Å²) in [5, 5.41) is 24.0. The average Bonchev–Trinajstić information content (AvgIpc) is 2.79. The SMILES string of the molecule is N#Cc1ccccc1COc1ccc(/C=N/NC(=O)Cc2ccccc2[N+](=O)[O-])cc1. The van der Waals surface area contributed by atoms with Gasteiger partial charge in [-0.3, -0.25) is 14.9 Å². The lowest BCUT2D eigenvalue weighted by atomic mass is 10.1. The number of nitro benzene ring substituents is 1. The zero-order valence-electron chi connectivity index (χ0n) is 16.4. The summed E-state index contributed by atoms with van der Waals surface area (Å²) in [6.07, 6.45) is 1.32. The highest BCUT2D eigenvalue weighted by molar-refractivity contribution is 5.83. The number of nitrogens with one attached hydrogen (secondary N) is 1. The van der Waals surface area contributed by atoms with E-state index in [4.69, 9.17) is 10.00 Å². The summed E-state index contributed by atoms with van der Waals surface area (Å²) in [6, 6.07) is 22.5. The van der Waals surface area contributed by atoms with E-state index < -0.39 is 10.8 Å². The Morgan fingerprint density at radius 1 is 1.06 bits per heavy atom. The molecule has 0 fully saturated rings. The minimum Gasteiger partial charge on any atom is -0.489 e. The molecule has 0 heterocycles.